The molecule has 1 N–H and O–H groups in total. The summed E-state index contributed by atoms with van der Waals surface area (Å²) in [7, 11) is -4.30. The van der Waals surface area contributed by atoms with Crippen LogP contribution in [0.3, 0.4) is 0 Å². The van der Waals surface area contributed by atoms with Crippen LogP contribution in [0.25, 0.3) is 0 Å². The summed E-state index contributed by atoms with van der Waals surface area (Å²) in [6.45, 7) is 4.08. The molecule has 7 heteroatoms. The Morgan fingerprint density at radius 2 is 2.17 bits per heavy atom. The third kappa shape index (κ3) is 5.73. The molecule has 0 fully saturated rings. The van der Waals surface area contributed by atoms with Crippen molar-refractivity contribution in [3.05, 3.63) is 12.7 Å². The first-order chi connectivity index (χ1) is 4.88. The maximum absolute atomic E-state index is 10.4. The second-order valence-corrected chi connectivity index (χ2v) is 3.42. The molecule has 0 saturated heterocycles. The van der Waals surface area contributed by atoms with Crippen molar-refractivity contribution in [3.8, 4) is 0 Å². The van der Waals surface area contributed by atoms with Crippen molar-refractivity contribution in [2.45, 2.75) is 12.4 Å². The maximum atomic E-state index is 10.4. The Labute approximate surface area is 94.3 Å². The molecule has 0 aromatic rings. The van der Waals surface area contributed by atoms with E-state index in [9.17, 15) is 13.2 Å². The van der Waals surface area contributed by atoms with Gasteiger partial charge < -0.3 is 6.16 Å². The fraction of sp³-hybridized carbons (Fsp3) is 0.400. The van der Waals surface area contributed by atoms with Crippen LogP contribution < -0.4 is 29.6 Å². The van der Waals surface area contributed by atoms with Crippen LogP contribution in [0.4, 0.5) is 0 Å². The van der Waals surface area contributed by atoms with E-state index in [2.05, 4.69) is 11.3 Å². The van der Waals surface area contributed by atoms with Crippen molar-refractivity contribution < 1.29 is 53.5 Å². The predicted molar refractivity (Wildman–Crippen MR) is 38.4 cm³/mol. The largest absolute Gasteiger partial charge is 1.00 e. The predicted octanol–water partition coefficient (Wildman–Crippen LogP) is -2.93. The average molecular weight is 204 g/mol. The molecule has 0 aromatic heterocycles. The number of rotatable bonds is 3. The second-order valence-electron chi connectivity index (χ2n) is 1.72. The number of carbonyl (C=O) groups excluding carboxylic acids is 1. The average Bonchev–Trinajstić information content (AvgIpc) is 1.85. The Hall–Kier alpha value is 0.120. The SMILES string of the molecule is C=CC(=O)OC(C)S(=O)(=O)O.[H-].[Na+]. The summed E-state index contributed by atoms with van der Waals surface area (Å²) in [4.78, 5) is 10.4. The molecule has 12 heavy (non-hydrogen) atoms. The summed E-state index contributed by atoms with van der Waals surface area (Å²) in [6.07, 6.45) is 0.807. The molecule has 0 aliphatic rings. The number of esters is 1. The molecule has 0 spiro atoms. The Bertz CT molecular complexity index is 262. The van der Waals surface area contributed by atoms with E-state index in [0.717, 1.165) is 13.0 Å². The standard InChI is InChI=1S/C5H8O5S.Na.H/c1-3-5(6)10-4(2)11(7,8)9;;/h3-4H,1H2,2H3,(H,7,8,9);;/q;+1;-1. The maximum Gasteiger partial charge on any atom is 1.00 e. The molecule has 0 aliphatic carbocycles. The van der Waals surface area contributed by atoms with Crippen molar-refractivity contribution in [1.29, 1.82) is 0 Å². The van der Waals surface area contributed by atoms with Crippen molar-refractivity contribution >= 4 is 16.1 Å². The van der Waals surface area contributed by atoms with Crippen LogP contribution in [0.5, 0.6) is 0 Å². The van der Waals surface area contributed by atoms with E-state index < -0.39 is 21.5 Å². The Morgan fingerprint density at radius 1 is 1.75 bits per heavy atom. The van der Waals surface area contributed by atoms with E-state index in [4.69, 9.17) is 4.55 Å². The van der Waals surface area contributed by atoms with Crippen molar-refractivity contribution in [1.82, 2.24) is 0 Å². The van der Waals surface area contributed by atoms with Gasteiger partial charge in [-0.3, -0.25) is 4.55 Å². The first kappa shape index (κ1) is 14.6. The molecule has 66 valence electrons. The summed E-state index contributed by atoms with van der Waals surface area (Å²) in [5.74, 6) is -0.893. The van der Waals surface area contributed by atoms with Gasteiger partial charge in [0.2, 0.25) is 5.44 Å². The van der Waals surface area contributed by atoms with Gasteiger partial charge in [-0.05, 0) is 6.92 Å². The fourth-order valence-corrected chi connectivity index (χ4v) is 0.489. The number of hydrogen-bond acceptors (Lipinski definition) is 4. The first-order valence-corrected chi connectivity index (χ1v) is 4.17. The molecule has 0 aliphatic heterocycles. The van der Waals surface area contributed by atoms with E-state index in [1.54, 1.807) is 0 Å². The van der Waals surface area contributed by atoms with Gasteiger partial charge >= 0.3 is 45.6 Å². The van der Waals surface area contributed by atoms with Crippen molar-refractivity contribution in [2.75, 3.05) is 0 Å². The molecule has 0 amide bonds. The first-order valence-electron chi connectivity index (χ1n) is 2.67. The molecule has 0 rings (SSSR count). The molecular formula is C5H9NaO5S. The van der Waals surface area contributed by atoms with Gasteiger partial charge in [-0.2, -0.15) is 8.42 Å². The third-order valence-corrected chi connectivity index (χ3v) is 1.80. The third-order valence-electron chi connectivity index (χ3n) is 0.868. The summed E-state index contributed by atoms with van der Waals surface area (Å²) in [6, 6.07) is 0. The quantitative estimate of drug-likeness (QED) is 0.230. The zero-order chi connectivity index (χ0) is 9.07. The molecular weight excluding hydrogens is 195 g/mol. The monoisotopic (exact) mass is 204 g/mol. The van der Waals surface area contributed by atoms with E-state index >= 15 is 0 Å². The van der Waals surface area contributed by atoms with Gasteiger partial charge in [-0.25, -0.2) is 4.79 Å². The Kier molecular flexibility index (Phi) is 6.97. The minimum absolute atomic E-state index is 0. The summed E-state index contributed by atoms with van der Waals surface area (Å²) < 4.78 is 32.9. The normalized spacial score (nSPS) is 12.5. The van der Waals surface area contributed by atoms with Crippen LogP contribution >= 0.6 is 0 Å². The molecule has 0 heterocycles. The molecule has 0 aromatic carbocycles. The molecule has 1 unspecified atom stereocenters. The van der Waals surface area contributed by atoms with E-state index in [-0.39, 0.29) is 31.0 Å². The van der Waals surface area contributed by atoms with E-state index in [1.807, 2.05) is 0 Å². The minimum atomic E-state index is -4.30. The summed E-state index contributed by atoms with van der Waals surface area (Å²) in [5, 5.41) is 0. The van der Waals surface area contributed by atoms with Crippen LogP contribution in [-0.4, -0.2) is 24.4 Å². The molecule has 1 atom stereocenters. The van der Waals surface area contributed by atoms with Crippen LogP contribution in [0.2, 0.25) is 0 Å². The molecule has 0 saturated carbocycles. The molecule has 5 nitrogen and oxygen atoms in total. The Morgan fingerprint density at radius 3 is 2.42 bits per heavy atom. The van der Waals surface area contributed by atoms with E-state index in [0.29, 0.717) is 0 Å². The fourth-order valence-electron chi connectivity index (χ4n) is 0.272. The van der Waals surface area contributed by atoms with Crippen LogP contribution in [0, 0.1) is 0 Å². The smallest absolute Gasteiger partial charge is 1.00 e. The second kappa shape index (κ2) is 5.71. The number of hydrogen-bond donors (Lipinski definition) is 1. The topological polar surface area (TPSA) is 80.7 Å². The van der Waals surface area contributed by atoms with Crippen LogP contribution in [0.1, 0.15) is 8.35 Å². The zero-order valence-electron chi connectivity index (χ0n) is 7.85. The van der Waals surface area contributed by atoms with Gasteiger partial charge in [0.15, 0.2) is 0 Å². The Balaban J connectivity index is -0.000000500. The van der Waals surface area contributed by atoms with E-state index in [1.165, 1.54) is 0 Å². The summed E-state index contributed by atoms with van der Waals surface area (Å²) in [5.41, 5.74) is -1.55. The van der Waals surface area contributed by atoms with Gasteiger partial charge in [-0.15, -0.1) is 0 Å². The van der Waals surface area contributed by atoms with Gasteiger partial charge in [0.1, 0.15) is 0 Å². The van der Waals surface area contributed by atoms with Crippen LogP contribution in [0.15, 0.2) is 12.7 Å². The van der Waals surface area contributed by atoms with Crippen LogP contribution in [-0.2, 0) is 19.6 Å². The van der Waals surface area contributed by atoms with Gasteiger partial charge in [0.05, 0.1) is 0 Å². The van der Waals surface area contributed by atoms with Crippen molar-refractivity contribution in [3.63, 3.8) is 0 Å². The van der Waals surface area contributed by atoms with Gasteiger partial charge in [0, 0.05) is 6.08 Å². The molecule has 0 radical (unpaired) electrons. The minimum Gasteiger partial charge on any atom is -1.00 e. The summed E-state index contributed by atoms with van der Waals surface area (Å²) >= 11 is 0. The molecule has 0 bridgehead atoms. The number of carbonyl (C=O) groups is 1. The van der Waals surface area contributed by atoms with Crippen molar-refractivity contribution in [2.24, 2.45) is 0 Å². The zero-order valence-corrected chi connectivity index (χ0v) is 9.67. The van der Waals surface area contributed by atoms with Gasteiger partial charge in [-0.1, -0.05) is 6.58 Å². The van der Waals surface area contributed by atoms with Gasteiger partial charge in [0.25, 0.3) is 0 Å². The number of ether oxygens (including phenoxy) is 1.